The fourth-order valence-corrected chi connectivity index (χ4v) is 2.86. The van der Waals surface area contributed by atoms with E-state index >= 15 is 0 Å². The number of nitrogens with one attached hydrogen (secondary N) is 1. The molecule has 1 saturated heterocycles. The molecule has 4 heteroatoms. The molecule has 0 aliphatic carbocycles. The lowest BCUT2D eigenvalue weighted by atomic mass is 10.1. The van der Waals surface area contributed by atoms with Gasteiger partial charge in [-0.25, -0.2) is 4.98 Å². The number of benzene rings is 1. The Morgan fingerprint density at radius 1 is 1.50 bits per heavy atom. The Morgan fingerprint density at radius 2 is 2.44 bits per heavy atom. The van der Waals surface area contributed by atoms with Gasteiger partial charge in [0.2, 0.25) is 0 Å². The van der Waals surface area contributed by atoms with E-state index in [2.05, 4.69) is 28.5 Å². The maximum Gasteiger partial charge on any atom is 0.0907 e. The van der Waals surface area contributed by atoms with Crippen molar-refractivity contribution < 1.29 is 4.74 Å². The average molecular weight is 234 g/mol. The molecule has 1 N–H and O–H groups in total. The highest BCUT2D eigenvalue weighted by atomic mass is 32.1. The van der Waals surface area contributed by atoms with Crippen molar-refractivity contribution in [3.05, 3.63) is 28.8 Å². The fraction of sp³-hybridized carbons (Fsp3) is 0.417. The molecule has 16 heavy (non-hydrogen) atoms. The van der Waals surface area contributed by atoms with Crippen LogP contribution in [0.2, 0.25) is 0 Å². The van der Waals surface area contributed by atoms with Crippen LogP contribution in [0.1, 0.15) is 16.6 Å². The van der Waals surface area contributed by atoms with Gasteiger partial charge in [0, 0.05) is 6.54 Å². The smallest absolute Gasteiger partial charge is 0.0907 e. The summed E-state index contributed by atoms with van der Waals surface area (Å²) in [7, 11) is 0. The average Bonchev–Trinajstić information content (AvgIpc) is 2.69. The standard InChI is InChI=1S/C12H14N2OS/c1-8-14-10-6-9(2-3-12(10)16-8)11-7-15-5-4-13-11/h2-3,6,11,13H,4-5,7H2,1H3. The molecule has 2 aromatic rings. The van der Waals surface area contributed by atoms with Crippen LogP contribution in [0.25, 0.3) is 10.2 Å². The van der Waals surface area contributed by atoms with Gasteiger partial charge in [0.1, 0.15) is 0 Å². The predicted molar refractivity (Wildman–Crippen MR) is 65.9 cm³/mol. The van der Waals surface area contributed by atoms with E-state index in [1.165, 1.54) is 10.3 Å². The topological polar surface area (TPSA) is 34.1 Å². The molecule has 1 aliphatic rings. The normalized spacial score (nSPS) is 21.4. The number of nitrogens with zero attached hydrogens (tertiary/aromatic N) is 1. The van der Waals surface area contributed by atoms with Gasteiger partial charge >= 0.3 is 0 Å². The van der Waals surface area contributed by atoms with Crippen LogP contribution in [0.3, 0.4) is 0 Å². The van der Waals surface area contributed by atoms with Crippen LogP contribution in [0.4, 0.5) is 0 Å². The predicted octanol–water partition coefficient (Wildman–Crippen LogP) is 2.27. The molecule has 2 heterocycles. The first-order chi connectivity index (χ1) is 7.83. The minimum Gasteiger partial charge on any atom is -0.378 e. The van der Waals surface area contributed by atoms with Crippen molar-refractivity contribution >= 4 is 21.6 Å². The Bertz CT molecular complexity index is 503. The van der Waals surface area contributed by atoms with E-state index in [-0.39, 0.29) is 0 Å². The zero-order chi connectivity index (χ0) is 11.0. The molecule has 1 fully saturated rings. The summed E-state index contributed by atoms with van der Waals surface area (Å²) in [4.78, 5) is 4.52. The number of thiazole rings is 1. The summed E-state index contributed by atoms with van der Waals surface area (Å²) in [5.41, 5.74) is 2.38. The quantitative estimate of drug-likeness (QED) is 0.822. The van der Waals surface area contributed by atoms with E-state index in [4.69, 9.17) is 4.74 Å². The number of hydrogen-bond acceptors (Lipinski definition) is 4. The molecule has 1 atom stereocenters. The van der Waals surface area contributed by atoms with Gasteiger partial charge in [-0.3, -0.25) is 0 Å². The number of fused-ring (bicyclic) bond motifs is 1. The summed E-state index contributed by atoms with van der Waals surface area (Å²) >= 11 is 1.74. The molecule has 3 nitrogen and oxygen atoms in total. The second-order valence-corrected chi connectivity index (χ2v) is 5.28. The SMILES string of the molecule is Cc1nc2cc(C3COCCN3)ccc2s1. The molecule has 0 radical (unpaired) electrons. The largest absolute Gasteiger partial charge is 0.378 e. The summed E-state index contributed by atoms with van der Waals surface area (Å²) in [6.07, 6.45) is 0. The summed E-state index contributed by atoms with van der Waals surface area (Å²) < 4.78 is 6.74. The minimum atomic E-state index is 0.320. The Hall–Kier alpha value is -0.970. The molecule has 0 spiro atoms. The van der Waals surface area contributed by atoms with Crippen molar-refractivity contribution in [2.75, 3.05) is 19.8 Å². The number of morpholine rings is 1. The molecule has 84 valence electrons. The first-order valence-electron chi connectivity index (χ1n) is 5.51. The van der Waals surface area contributed by atoms with E-state index in [1.54, 1.807) is 11.3 Å². The van der Waals surface area contributed by atoms with Crippen molar-refractivity contribution in [1.82, 2.24) is 10.3 Å². The van der Waals surface area contributed by atoms with E-state index < -0.39 is 0 Å². The number of aromatic nitrogens is 1. The molecule has 0 saturated carbocycles. The maximum absolute atomic E-state index is 5.47. The third-order valence-corrected chi connectivity index (χ3v) is 3.79. The molecular formula is C12H14N2OS. The lowest BCUT2D eigenvalue weighted by molar-refractivity contribution is 0.0769. The van der Waals surface area contributed by atoms with Gasteiger partial charge in [-0.05, 0) is 24.6 Å². The van der Waals surface area contributed by atoms with Gasteiger partial charge in [0.15, 0.2) is 0 Å². The fourth-order valence-electron chi connectivity index (χ4n) is 2.06. The number of ether oxygens (including phenoxy) is 1. The molecule has 1 unspecified atom stereocenters. The lowest BCUT2D eigenvalue weighted by Gasteiger charge is -2.24. The highest BCUT2D eigenvalue weighted by Gasteiger charge is 2.15. The molecule has 3 rings (SSSR count). The van der Waals surface area contributed by atoms with Crippen LogP contribution >= 0.6 is 11.3 Å². The number of rotatable bonds is 1. The zero-order valence-electron chi connectivity index (χ0n) is 9.19. The van der Waals surface area contributed by atoms with Crippen molar-refractivity contribution in [1.29, 1.82) is 0 Å². The van der Waals surface area contributed by atoms with Gasteiger partial charge in [0.25, 0.3) is 0 Å². The highest BCUT2D eigenvalue weighted by molar-refractivity contribution is 7.18. The summed E-state index contributed by atoms with van der Waals surface area (Å²) in [5.74, 6) is 0. The van der Waals surface area contributed by atoms with Gasteiger partial charge in [0.05, 0.1) is 34.5 Å². The van der Waals surface area contributed by atoms with Crippen molar-refractivity contribution in [3.8, 4) is 0 Å². The Balaban J connectivity index is 1.97. The van der Waals surface area contributed by atoms with E-state index in [9.17, 15) is 0 Å². The summed E-state index contributed by atoms with van der Waals surface area (Å²) in [5, 5.41) is 4.58. The van der Waals surface area contributed by atoms with Crippen LogP contribution in [0.5, 0.6) is 0 Å². The number of aryl methyl sites for hydroxylation is 1. The maximum atomic E-state index is 5.47. The Kier molecular flexibility index (Phi) is 2.63. The molecular weight excluding hydrogens is 220 g/mol. The lowest BCUT2D eigenvalue weighted by Crippen LogP contribution is -2.34. The van der Waals surface area contributed by atoms with Crippen LogP contribution in [-0.4, -0.2) is 24.7 Å². The first kappa shape index (κ1) is 10.2. The van der Waals surface area contributed by atoms with Crippen molar-refractivity contribution in [3.63, 3.8) is 0 Å². The van der Waals surface area contributed by atoms with Crippen LogP contribution in [0.15, 0.2) is 18.2 Å². The zero-order valence-corrected chi connectivity index (χ0v) is 10.0. The first-order valence-corrected chi connectivity index (χ1v) is 6.33. The second-order valence-electron chi connectivity index (χ2n) is 4.04. The third-order valence-electron chi connectivity index (χ3n) is 2.84. The molecule has 1 aliphatic heterocycles. The van der Waals surface area contributed by atoms with Gasteiger partial charge in [-0.1, -0.05) is 6.07 Å². The Morgan fingerprint density at radius 3 is 3.25 bits per heavy atom. The van der Waals surface area contributed by atoms with E-state index in [0.717, 1.165) is 30.3 Å². The van der Waals surface area contributed by atoms with Crippen LogP contribution in [0, 0.1) is 6.92 Å². The monoisotopic (exact) mass is 234 g/mol. The van der Waals surface area contributed by atoms with Gasteiger partial charge in [-0.2, -0.15) is 0 Å². The second kappa shape index (κ2) is 4.13. The number of hydrogen-bond donors (Lipinski definition) is 1. The van der Waals surface area contributed by atoms with Gasteiger partial charge < -0.3 is 10.1 Å². The van der Waals surface area contributed by atoms with Crippen molar-refractivity contribution in [2.45, 2.75) is 13.0 Å². The molecule has 1 aromatic heterocycles. The Labute approximate surface area is 98.5 Å². The van der Waals surface area contributed by atoms with Crippen LogP contribution in [-0.2, 0) is 4.74 Å². The van der Waals surface area contributed by atoms with Crippen molar-refractivity contribution in [2.24, 2.45) is 0 Å². The minimum absolute atomic E-state index is 0.320. The highest BCUT2D eigenvalue weighted by Crippen LogP contribution is 2.25. The molecule has 0 amide bonds. The third kappa shape index (κ3) is 1.84. The van der Waals surface area contributed by atoms with E-state index in [0.29, 0.717) is 6.04 Å². The molecule has 1 aromatic carbocycles. The van der Waals surface area contributed by atoms with Gasteiger partial charge in [-0.15, -0.1) is 11.3 Å². The van der Waals surface area contributed by atoms with Crippen LogP contribution < -0.4 is 5.32 Å². The van der Waals surface area contributed by atoms with E-state index in [1.807, 2.05) is 6.92 Å². The summed E-state index contributed by atoms with van der Waals surface area (Å²) in [6.45, 7) is 4.55. The summed E-state index contributed by atoms with van der Waals surface area (Å²) in [6, 6.07) is 6.82. The molecule has 0 bridgehead atoms.